The fourth-order valence-electron chi connectivity index (χ4n) is 17.1. The summed E-state index contributed by atoms with van der Waals surface area (Å²) >= 11 is 0. The maximum absolute atomic E-state index is 2.69. The average molecular weight is 996 g/mol. The largest absolute Gasteiger partial charge is 0.310 e. The molecule has 1 atom stereocenters. The lowest BCUT2D eigenvalue weighted by atomic mass is 9.43. The van der Waals surface area contributed by atoms with Crippen LogP contribution in [0.15, 0.2) is 261 Å². The van der Waals surface area contributed by atoms with Gasteiger partial charge in [-0.3, -0.25) is 0 Å². The van der Waals surface area contributed by atoms with Crippen LogP contribution < -0.4 is 4.90 Å². The van der Waals surface area contributed by atoms with Crippen molar-refractivity contribution in [3.05, 3.63) is 294 Å². The van der Waals surface area contributed by atoms with Crippen LogP contribution in [0.25, 0.3) is 77.9 Å². The molecule has 0 aromatic heterocycles. The highest BCUT2D eigenvalue weighted by Gasteiger charge is 2.62. The minimum absolute atomic E-state index is 0.0346. The molecule has 2 spiro atoms. The van der Waals surface area contributed by atoms with Gasteiger partial charge in [-0.15, -0.1) is 0 Å². The molecule has 78 heavy (non-hydrogen) atoms. The van der Waals surface area contributed by atoms with E-state index in [4.69, 9.17) is 0 Å². The lowest BCUT2D eigenvalue weighted by Crippen LogP contribution is -2.55. The topological polar surface area (TPSA) is 3.24 Å². The standard InChI is InChI=1S/C77H57N/c1-3-16-51(17-4-1)53-32-34-54(35-33-53)58-36-38-65-64-25-8-11-28-69(64)77(72(65)47-58)70-29-12-9-26-67(70)75-71(77)30-15-31-74(75)78(61-23-14-22-57(46-61)56-21-13-20-55(45-56)52-18-5-2-6-19-52)62-37-39-66-63-24-7-10-27-68(63)76(73(66)48-62)59-41-49-40-50(43-59)44-60(76)42-49/h1-39,45-50,59-60H,40-44H2. The molecular weight excluding hydrogens is 939 g/mol. The molecule has 7 aliphatic carbocycles. The Balaban J connectivity index is 0.890. The SMILES string of the molecule is c1ccc(-c2ccc(-c3ccc4c(c3)C3(c5ccccc5-4)c4ccccc4-c4c(N(c5cccc(-c6cccc(-c7ccccc7)c6)c5)c5ccc6c(c5)C5(c7ccccc7-6)C6CC7CC(C6)CC5C7)cccc43)cc2)cc1. The number of nitrogens with zero attached hydrogens (tertiary/aromatic N) is 1. The minimum Gasteiger partial charge on any atom is -0.310 e. The molecule has 11 aromatic carbocycles. The van der Waals surface area contributed by atoms with Gasteiger partial charge in [0.25, 0.3) is 0 Å². The van der Waals surface area contributed by atoms with Gasteiger partial charge < -0.3 is 4.90 Å². The molecule has 0 amide bonds. The number of rotatable bonds is 7. The summed E-state index contributed by atoms with van der Waals surface area (Å²) in [4.78, 5) is 2.65. The van der Waals surface area contributed by atoms with E-state index in [1.54, 1.807) is 11.1 Å². The van der Waals surface area contributed by atoms with Crippen LogP contribution in [0.5, 0.6) is 0 Å². The normalized spacial score (nSPS) is 21.9. The van der Waals surface area contributed by atoms with Crippen molar-refractivity contribution in [1.29, 1.82) is 0 Å². The smallest absolute Gasteiger partial charge is 0.0726 e. The predicted molar refractivity (Wildman–Crippen MR) is 322 cm³/mol. The van der Waals surface area contributed by atoms with Gasteiger partial charge in [-0.1, -0.05) is 218 Å². The van der Waals surface area contributed by atoms with Crippen molar-refractivity contribution < 1.29 is 0 Å². The second kappa shape index (κ2) is 16.9. The molecule has 11 aromatic rings. The zero-order chi connectivity index (χ0) is 51.1. The molecule has 18 rings (SSSR count). The summed E-state index contributed by atoms with van der Waals surface area (Å²) in [6.45, 7) is 0. The molecule has 0 N–H and O–H groups in total. The van der Waals surface area contributed by atoms with Gasteiger partial charge >= 0.3 is 0 Å². The van der Waals surface area contributed by atoms with Gasteiger partial charge in [0.1, 0.15) is 0 Å². The van der Waals surface area contributed by atoms with Crippen molar-refractivity contribution in [1.82, 2.24) is 0 Å². The van der Waals surface area contributed by atoms with E-state index in [1.165, 1.54) is 144 Å². The highest BCUT2D eigenvalue weighted by atomic mass is 15.1. The molecule has 4 bridgehead atoms. The van der Waals surface area contributed by atoms with E-state index in [-0.39, 0.29) is 5.41 Å². The van der Waals surface area contributed by atoms with Crippen molar-refractivity contribution in [3.8, 4) is 77.9 Å². The Morgan fingerprint density at radius 2 is 0.705 bits per heavy atom. The number of hydrogen-bond acceptors (Lipinski definition) is 1. The first kappa shape index (κ1) is 44.4. The Kier molecular flexibility index (Phi) is 9.59. The van der Waals surface area contributed by atoms with Crippen LogP contribution in [0.4, 0.5) is 17.1 Å². The number of hydrogen-bond donors (Lipinski definition) is 0. The highest BCUT2D eigenvalue weighted by Crippen LogP contribution is 2.70. The third-order valence-electron chi connectivity index (χ3n) is 19.9. The zero-order valence-electron chi connectivity index (χ0n) is 43.6. The minimum atomic E-state index is -0.538. The molecule has 4 fully saturated rings. The second-order valence-corrected chi connectivity index (χ2v) is 23.5. The molecule has 370 valence electrons. The van der Waals surface area contributed by atoms with Crippen LogP contribution >= 0.6 is 0 Å². The highest BCUT2D eigenvalue weighted by molar-refractivity contribution is 6.02. The molecule has 7 aliphatic rings. The number of fused-ring (bicyclic) bond motifs is 13. The Bertz CT molecular complexity index is 4190. The molecule has 1 heteroatoms. The summed E-state index contributed by atoms with van der Waals surface area (Å²) in [5.41, 5.74) is 29.6. The molecule has 0 aliphatic heterocycles. The number of benzene rings is 11. The van der Waals surface area contributed by atoms with Gasteiger partial charge in [-0.25, -0.2) is 0 Å². The fraction of sp³-hybridized carbons (Fsp3) is 0.143. The van der Waals surface area contributed by atoms with Gasteiger partial charge in [-0.2, -0.15) is 0 Å². The summed E-state index contributed by atoms with van der Waals surface area (Å²) < 4.78 is 0. The molecule has 0 radical (unpaired) electrons. The first-order chi connectivity index (χ1) is 38.6. The van der Waals surface area contributed by atoms with Crippen molar-refractivity contribution in [2.24, 2.45) is 23.7 Å². The second-order valence-electron chi connectivity index (χ2n) is 23.5. The van der Waals surface area contributed by atoms with Gasteiger partial charge in [0, 0.05) is 22.4 Å². The van der Waals surface area contributed by atoms with E-state index in [2.05, 4.69) is 266 Å². The summed E-state index contributed by atoms with van der Waals surface area (Å²) in [5, 5.41) is 0. The molecular formula is C77H57N. The van der Waals surface area contributed by atoms with Gasteiger partial charge in [0.2, 0.25) is 0 Å². The third kappa shape index (κ3) is 6.19. The van der Waals surface area contributed by atoms with E-state index in [1.807, 2.05) is 0 Å². The lowest BCUT2D eigenvalue weighted by Gasteiger charge is -2.61. The Morgan fingerprint density at radius 3 is 1.41 bits per heavy atom. The van der Waals surface area contributed by atoms with Crippen LogP contribution in [-0.4, -0.2) is 0 Å². The molecule has 0 saturated heterocycles. The van der Waals surface area contributed by atoms with E-state index in [0.717, 1.165) is 17.5 Å². The molecule has 4 saturated carbocycles. The van der Waals surface area contributed by atoms with Gasteiger partial charge in [0.15, 0.2) is 0 Å². The van der Waals surface area contributed by atoms with Crippen molar-refractivity contribution in [2.45, 2.75) is 42.9 Å². The molecule has 1 unspecified atom stereocenters. The van der Waals surface area contributed by atoms with Crippen molar-refractivity contribution in [2.75, 3.05) is 4.90 Å². The quantitative estimate of drug-likeness (QED) is 0.154. The first-order valence-electron chi connectivity index (χ1n) is 28.6. The first-order valence-corrected chi connectivity index (χ1v) is 28.6. The predicted octanol–water partition coefficient (Wildman–Crippen LogP) is 19.9. The van der Waals surface area contributed by atoms with Crippen LogP contribution in [0.2, 0.25) is 0 Å². The lowest BCUT2D eigenvalue weighted by molar-refractivity contribution is -0.0399. The average Bonchev–Trinajstić information content (AvgIpc) is 3.42. The summed E-state index contributed by atoms with van der Waals surface area (Å²) in [5.74, 6) is 3.08. The Morgan fingerprint density at radius 1 is 0.269 bits per heavy atom. The van der Waals surface area contributed by atoms with Gasteiger partial charge in [0.05, 0.1) is 11.1 Å². The monoisotopic (exact) mass is 995 g/mol. The van der Waals surface area contributed by atoms with Crippen LogP contribution in [0.3, 0.4) is 0 Å². The van der Waals surface area contributed by atoms with Crippen LogP contribution in [0, 0.1) is 23.7 Å². The summed E-state index contributed by atoms with van der Waals surface area (Å²) in [7, 11) is 0. The summed E-state index contributed by atoms with van der Waals surface area (Å²) in [6, 6.07) is 99.5. The molecule has 0 heterocycles. The van der Waals surface area contributed by atoms with E-state index < -0.39 is 5.41 Å². The van der Waals surface area contributed by atoms with E-state index in [0.29, 0.717) is 11.8 Å². The van der Waals surface area contributed by atoms with Crippen molar-refractivity contribution in [3.63, 3.8) is 0 Å². The van der Waals surface area contributed by atoms with Crippen LogP contribution in [0.1, 0.15) is 65.5 Å². The Hall–Kier alpha value is -8.78. The number of anilines is 3. The maximum atomic E-state index is 2.69. The summed E-state index contributed by atoms with van der Waals surface area (Å²) in [6.07, 6.45) is 6.86. The van der Waals surface area contributed by atoms with E-state index in [9.17, 15) is 0 Å². The van der Waals surface area contributed by atoms with E-state index >= 15 is 0 Å². The zero-order valence-corrected chi connectivity index (χ0v) is 43.6. The van der Waals surface area contributed by atoms with Gasteiger partial charge in [-0.05, 0) is 204 Å². The maximum Gasteiger partial charge on any atom is 0.0726 e. The fourth-order valence-corrected chi connectivity index (χ4v) is 17.1. The van der Waals surface area contributed by atoms with Crippen LogP contribution in [-0.2, 0) is 10.8 Å². The Labute approximate surface area is 458 Å². The third-order valence-corrected chi connectivity index (χ3v) is 19.9. The molecule has 1 nitrogen and oxygen atoms in total. The van der Waals surface area contributed by atoms with Crippen molar-refractivity contribution >= 4 is 17.1 Å².